The molecule has 0 radical (unpaired) electrons. The van der Waals surface area contributed by atoms with Crippen molar-refractivity contribution in [2.24, 2.45) is 0 Å². The highest BCUT2D eigenvalue weighted by Crippen LogP contribution is 2.10. The molecule has 1 N–H and O–H groups in total. The van der Waals surface area contributed by atoms with E-state index in [1.54, 1.807) is 16.9 Å². The molecule has 0 saturated carbocycles. The van der Waals surface area contributed by atoms with Gasteiger partial charge in [0, 0.05) is 18.4 Å². The molecule has 2 rings (SSSR count). The average molecular weight is 229 g/mol. The van der Waals surface area contributed by atoms with Crippen molar-refractivity contribution in [2.75, 3.05) is 5.32 Å². The molecule has 0 spiro atoms. The molecule has 4 nitrogen and oxygen atoms in total. The number of aryl methyl sites for hydroxylation is 2. The molecule has 17 heavy (non-hydrogen) atoms. The van der Waals surface area contributed by atoms with E-state index in [0.29, 0.717) is 5.69 Å². The molecule has 0 saturated heterocycles. The second-order valence-corrected chi connectivity index (χ2v) is 3.88. The number of hydrogen-bond donors (Lipinski definition) is 1. The molecule has 0 aliphatic rings. The van der Waals surface area contributed by atoms with Gasteiger partial charge in [0.1, 0.15) is 0 Å². The van der Waals surface area contributed by atoms with Crippen LogP contribution in [0.1, 0.15) is 23.0 Å². The molecule has 0 bridgehead atoms. The van der Waals surface area contributed by atoms with Gasteiger partial charge in [-0.1, -0.05) is 17.7 Å². The fraction of sp³-hybridized carbons (Fsp3) is 0.231. The summed E-state index contributed by atoms with van der Waals surface area (Å²) in [6.45, 7) is 4.75. The maximum absolute atomic E-state index is 11.8. The smallest absolute Gasteiger partial charge is 0.276 e. The first-order valence-electron chi connectivity index (χ1n) is 5.60. The van der Waals surface area contributed by atoms with Crippen molar-refractivity contribution in [3.63, 3.8) is 0 Å². The lowest BCUT2D eigenvalue weighted by molar-refractivity contribution is 0.102. The molecule has 0 aliphatic carbocycles. The van der Waals surface area contributed by atoms with E-state index in [0.717, 1.165) is 12.2 Å². The van der Waals surface area contributed by atoms with Gasteiger partial charge in [0.15, 0.2) is 5.69 Å². The first-order chi connectivity index (χ1) is 8.19. The highest BCUT2D eigenvalue weighted by molar-refractivity contribution is 6.02. The third-order valence-electron chi connectivity index (χ3n) is 2.51. The molecule has 0 unspecified atom stereocenters. The van der Waals surface area contributed by atoms with Gasteiger partial charge in [0.05, 0.1) is 0 Å². The first-order valence-corrected chi connectivity index (χ1v) is 5.60. The van der Waals surface area contributed by atoms with Gasteiger partial charge < -0.3 is 5.32 Å². The number of benzene rings is 1. The minimum Gasteiger partial charge on any atom is -0.321 e. The lowest BCUT2D eigenvalue weighted by atomic mass is 10.2. The minimum atomic E-state index is -0.180. The number of amides is 1. The number of nitrogens with one attached hydrogen (secondary N) is 1. The third kappa shape index (κ3) is 2.72. The lowest BCUT2D eigenvalue weighted by Crippen LogP contribution is -2.13. The Balaban J connectivity index is 2.08. The van der Waals surface area contributed by atoms with Crippen LogP contribution in [-0.2, 0) is 6.54 Å². The summed E-state index contributed by atoms with van der Waals surface area (Å²) in [5.74, 6) is -0.180. The van der Waals surface area contributed by atoms with E-state index in [1.165, 1.54) is 5.56 Å². The molecule has 1 aromatic carbocycles. The van der Waals surface area contributed by atoms with Gasteiger partial charge in [-0.05, 0) is 32.0 Å². The SMILES string of the molecule is CCn1ccc(C(=O)Nc2ccc(C)cc2)n1. The molecule has 88 valence electrons. The van der Waals surface area contributed by atoms with E-state index in [-0.39, 0.29) is 5.91 Å². The topological polar surface area (TPSA) is 46.9 Å². The Labute approximate surface area is 100 Å². The standard InChI is InChI=1S/C13H15N3O/c1-3-16-9-8-12(15-16)13(17)14-11-6-4-10(2)5-7-11/h4-9H,3H2,1-2H3,(H,14,17). The van der Waals surface area contributed by atoms with Crippen molar-refractivity contribution in [1.82, 2.24) is 9.78 Å². The summed E-state index contributed by atoms with van der Waals surface area (Å²) in [6.07, 6.45) is 1.80. The number of aromatic nitrogens is 2. The van der Waals surface area contributed by atoms with Crippen molar-refractivity contribution >= 4 is 11.6 Å². The van der Waals surface area contributed by atoms with E-state index in [2.05, 4.69) is 10.4 Å². The second-order valence-electron chi connectivity index (χ2n) is 3.88. The Morgan fingerprint density at radius 1 is 1.29 bits per heavy atom. The van der Waals surface area contributed by atoms with Crippen LogP contribution in [0.2, 0.25) is 0 Å². The number of anilines is 1. The predicted octanol–water partition coefficient (Wildman–Crippen LogP) is 2.46. The summed E-state index contributed by atoms with van der Waals surface area (Å²) in [5.41, 5.74) is 2.39. The van der Waals surface area contributed by atoms with Crippen molar-refractivity contribution in [2.45, 2.75) is 20.4 Å². The van der Waals surface area contributed by atoms with E-state index >= 15 is 0 Å². The van der Waals surface area contributed by atoms with Crippen LogP contribution in [0.25, 0.3) is 0 Å². The Kier molecular flexibility index (Phi) is 3.23. The maximum Gasteiger partial charge on any atom is 0.276 e. The van der Waals surface area contributed by atoms with Crippen molar-refractivity contribution < 1.29 is 4.79 Å². The van der Waals surface area contributed by atoms with E-state index in [9.17, 15) is 4.79 Å². The molecule has 0 atom stereocenters. The Bertz CT molecular complexity index is 514. The van der Waals surface area contributed by atoms with Crippen molar-refractivity contribution in [3.8, 4) is 0 Å². The number of nitrogens with zero attached hydrogens (tertiary/aromatic N) is 2. The van der Waals surface area contributed by atoms with E-state index < -0.39 is 0 Å². The van der Waals surface area contributed by atoms with Crippen LogP contribution >= 0.6 is 0 Å². The second kappa shape index (κ2) is 4.82. The lowest BCUT2D eigenvalue weighted by Gasteiger charge is -2.03. The zero-order valence-corrected chi connectivity index (χ0v) is 9.97. The highest BCUT2D eigenvalue weighted by atomic mass is 16.1. The molecular weight excluding hydrogens is 214 g/mol. The summed E-state index contributed by atoms with van der Waals surface area (Å²) in [7, 11) is 0. The van der Waals surface area contributed by atoms with Gasteiger partial charge in [-0.15, -0.1) is 0 Å². The summed E-state index contributed by atoms with van der Waals surface area (Å²) in [4.78, 5) is 11.8. The Morgan fingerprint density at radius 2 is 2.00 bits per heavy atom. The summed E-state index contributed by atoms with van der Waals surface area (Å²) in [6, 6.07) is 9.39. The number of rotatable bonds is 3. The van der Waals surface area contributed by atoms with Crippen LogP contribution in [0.4, 0.5) is 5.69 Å². The number of carbonyl (C=O) groups excluding carboxylic acids is 1. The van der Waals surface area contributed by atoms with Crippen LogP contribution in [0.15, 0.2) is 36.5 Å². The Morgan fingerprint density at radius 3 is 2.59 bits per heavy atom. The largest absolute Gasteiger partial charge is 0.321 e. The molecule has 1 heterocycles. The van der Waals surface area contributed by atoms with Crippen LogP contribution in [0.5, 0.6) is 0 Å². The predicted molar refractivity (Wildman–Crippen MR) is 67.0 cm³/mol. The van der Waals surface area contributed by atoms with E-state index in [1.807, 2.05) is 38.1 Å². The molecule has 1 aromatic heterocycles. The van der Waals surface area contributed by atoms with Crippen LogP contribution < -0.4 is 5.32 Å². The first kappa shape index (κ1) is 11.4. The molecule has 0 aliphatic heterocycles. The third-order valence-corrected chi connectivity index (χ3v) is 2.51. The van der Waals surface area contributed by atoms with Gasteiger partial charge in [0.2, 0.25) is 0 Å². The fourth-order valence-electron chi connectivity index (χ4n) is 1.49. The van der Waals surface area contributed by atoms with Crippen molar-refractivity contribution in [3.05, 3.63) is 47.8 Å². The Hall–Kier alpha value is -2.10. The normalized spacial score (nSPS) is 10.2. The van der Waals surface area contributed by atoms with Crippen molar-refractivity contribution in [1.29, 1.82) is 0 Å². The fourth-order valence-corrected chi connectivity index (χ4v) is 1.49. The maximum atomic E-state index is 11.8. The highest BCUT2D eigenvalue weighted by Gasteiger charge is 2.08. The van der Waals surface area contributed by atoms with Crippen LogP contribution in [0, 0.1) is 6.92 Å². The quantitative estimate of drug-likeness (QED) is 0.878. The minimum absolute atomic E-state index is 0.180. The molecular formula is C13H15N3O. The monoisotopic (exact) mass is 229 g/mol. The van der Waals surface area contributed by atoms with Crippen LogP contribution in [-0.4, -0.2) is 15.7 Å². The van der Waals surface area contributed by atoms with Crippen LogP contribution in [0.3, 0.4) is 0 Å². The zero-order chi connectivity index (χ0) is 12.3. The van der Waals surface area contributed by atoms with Gasteiger partial charge in [-0.3, -0.25) is 9.48 Å². The molecule has 4 heteroatoms. The van der Waals surface area contributed by atoms with Gasteiger partial charge in [-0.2, -0.15) is 5.10 Å². The summed E-state index contributed by atoms with van der Waals surface area (Å²) >= 11 is 0. The zero-order valence-electron chi connectivity index (χ0n) is 9.97. The van der Waals surface area contributed by atoms with Gasteiger partial charge in [0.25, 0.3) is 5.91 Å². The van der Waals surface area contributed by atoms with Gasteiger partial charge >= 0.3 is 0 Å². The summed E-state index contributed by atoms with van der Waals surface area (Å²) < 4.78 is 1.73. The average Bonchev–Trinajstić information content (AvgIpc) is 2.81. The molecule has 2 aromatic rings. The number of hydrogen-bond acceptors (Lipinski definition) is 2. The summed E-state index contributed by atoms with van der Waals surface area (Å²) in [5, 5.41) is 6.96. The van der Waals surface area contributed by atoms with E-state index in [4.69, 9.17) is 0 Å². The number of carbonyl (C=O) groups is 1. The molecule has 1 amide bonds. The van der Waals surface area contributed by atoms with Gasteiger partial charge in [-0.25, -0.2) is 0 Å². The molecule has 0 fully saturated rings.